The zero-order chi connectivity index (χ0) is 27.4. The number of ether oxygens (including phenoxy) is 1. The number of aliphatic hydroxyl groups is 1. The highest BCUT2D eigenvalue weighted by Gasteiger charge is 2.53. The second kappa shape index (κ2) is 12.1. The third kappa shape index (κ3) is 6.60. The fourth-order valence-corrected chi connectivity index (χ4v) is 7.89. The number of fused-ring (bicyclic) bond motifs is 3. The van der Waals surface area contributed by atoms with E-state index in [4.69, 9.17) is 14.6 Å². The number of quaternary nitrogens is 1. The monoisotopic (exact) mass is 573 g/mol. The minimum atomic E-state index is -5.19. The topological polar surface area (TPSA) is 86.7 Å². The molecule has 0 radical (unpaired) electrons. The number of carboxylic acids is 1. The van der Waals surface area contributed by atoms with Crippen LogP contribution in [0.5, 0.6) is 0 Å². The average Bonchev–Trinajstić information content (AvgIpc) is 3.68. The Kier molecular flexibility index (Phi) is 9.22. The van der Waals surface area contributed by atoms with Gasteiger partial charge in [-0.1, -0.05) is 25.0 Å². The van der Waals surface area contributed by atoms with E-state index in [0.29, 0.717) is 5.92 Å². The van der Waals surface area contributed by atoms with E-state index in [9.17, 15) is 23.1 Å². The van der Waals surface area contributed by atoms with Crippen LogP contribution in [0.15, 0.2) is 35.0 Å². The number of hydrogen-bond donors (Lipinski definition) is 1. The number of rotatable bonds is 8. The molecule has 5 heterocycles. The summed E-state index contributed by atoms with van der Waals surface area (Å²) < 4.78 is 38.8. The summed E-state index contributed by atoms with van der Waals surface area (Å²) in [6.07, 6.45) is 3.34. The number of carbonyl (C=O) groups is 2. The maximum absolute atomic E-state index is 13.5. The number of carboxylic acid groups (broad SMARTS) is 1. The maximum Gasteiger partial charge on any atom is 0.430 e. The molecule has 2 bridgehead atoms. The van der Waals surface area contributed by atoms with E-state index in [0.717, 1.165) is 67.4 Å². The second-order valence-electron chi connectivity index (χ2n) is 10.7. The Balaban J connectivity index is 0.000000426. The molecular weight excluding hydrogens is 539 g/mol. The third-order valence-corrected chi connectivity index (χ3v) is 10.3. The Morgan fingerprint density at radius 3 is 2.24 bits per heavy atom. The Bertz CT molecular complexity index is 1050. The summed E-state index contributed by atoms with van der Waals surface area (Å²) >= 11 is 3.32. The Hall–Kier alpha value is -1.95. The van der Waals surface area contributed by atoms with Crippen LogP contribution in [-0.2, 0) is 26.3 Å². The van der Waals surface area contributed by atoms with E-state index >= 15 is 0 Å². The predicted molar refractivity (Wildman–Crippen MR) is 136 cm³/mol. The lowest BCUT2D eigenvalue weighted by Crippen LogP contribution is -2.65. The molecule has 6 nitrogen and oxygen atoms in total. The quantitative estimate of drug-likeness (QED) is 0.377. The van der Waals surface area contributed by atoms with Crippen molar-refractivity contribution in [1.82, 2.24) is 0 Å². The van der Waals surface area contributed by atoms with Crippen molar-refractivity contribution >= 4 is 34.6 Å². The van der Waals surface area contributed by atoms with Crippen LogP contribution in [0.25, 0.3) is 0 Å². The van der Waals surface area contributed by atoms with Gasteiger partial charge in [-0.15, -0.1) is 22.7 Å². The maximum atomic E-state index is 13.5. The number of aliphatic carboxylic acids is 1. The van der Waals surface area contributed by atoms with Gasteiger partial charge in [0.05, 0.1) is 19.6 Å². The minimum absolute atomic E-state index is 0.0197. The normalized spacial score (nSPS) is 26.8. The molecule has 3 aliphatic heterocycles. The molecular formula is C27H34F3NO5S2. The van der Waals surface area contributed by atoms with E-state index in [1.54, 1.807) is 0 Å². The zero-order valence-corrected chi connectivity index (χ0v) is 22.8. The average molecular weight is 574 g/mol. The number of nitrogens with zero attached hydrogens (tertiary/aromatic N) is 1. The lowest BCUT2D eigenvalue weighted by atomic mass is 9.82. The van der Waals surface area contributed by atoms with Crippen LogP contribution in [0.2, 0.25) is 0 Å². The zero-order valence-electron chi connectivity index (χ0n) is 21.2. The standard InChI is InChI=1S/C25H34NO3S2.C2HF3O2/c27-24(25(28,20-6-1-2-7-20)23-10-5-17-31-23)29-22-18-26(14-11-19(22)12-15-26)13-3-8-21-9-4-16-30-21;3-2(4,5)1(6)7/h4-5,9-10,16-17,19-20,22,28H,1-3,6-8,11-15,18H2;(H,6,7)/q+1;/p-1/t19?,22-,25+,26?;/m0./s1. The summed E-state index contributed by atoms with van der Waals surface area (Å²) in [7, 11) is 0. The van der Waals surface area contributed by atoms with Gasteiger partial charge in [-0.05, 0) is 42.2 Å². The number of carbonyl (C=O) groups excluding carboxylic acids is 2. The summed E-state index contributed by atoms with van der Waals surface area (Å²) in [4.78, 5) is 24.5. The molecule has 1 aliphatic carbocycles. The molecule has 210 valence electrons. The summed E-state index contributed by atoms with van der Waals surface area (Å²) in [5.41, 5.74) is -1.47. The molecule has 11 heteroatoms. The molecule has 0 aromatic carbocycles. The largest absolute Gasteiger partial charge is 0.542 e. The van der Waals surface area contributed by atoms with Crippen LogP contribution in [0.1, 0.15) is 54.7 Å². The van der Waals surface area contributed by atoms with Gasteiger partial charge in [0.15, 0.2) is 11.7 Å². The molecule has 2 atom stereocenters. The van der Waals surface area contributed by atoms with Gasteiger partial charge in [0, 0.05) is 40.9 Å². The Labute approximate surface area is 228 Å². The predicted octanol–water partition coefficient (Wildman–Crippen LogP) is 4.27. The van der Waals surface area contributed by atoms with Gasteiger partial charge in [-0.25, -0.2) is 4.79 Å². The number of halogens is 3. The molecule has 2 aromatic rings. The molecule has 0 unspecified atom stereocenters. The van der Waals surface area contributed by atoms with Crippen molar-refractivity contribution in [1.29, 1.82) is 0 Å². The van der Waals surface area contributed by atoms with E-state index < -0.39 is 23.7 Å². The van der Waals surface area contributed by atoms with Gasteiger partial charge in [-0.3, -0.25) is 0 Å². The summed E-state index contributed by atoms with van der Waals surface area (Å²) in [5.74, 6) is -2.96. The van der Waals surface area contributed by atoms with Crippen LogP contribution in [0, 0.1) is 11.8 Å². The first-order chi connectivity index (χ1) is 18.0. The van der Waals surface area contributed by atoms with Gasteiger partial charge in [-0.2, -0.15) is 13.2 Å². The highest BCUT2D eigenvalue weighted by molar-refractivity contribution is 7.10. The number of esters is 1. The van der Waals surface area contributed by atoms with Crippen molar-refractivity contribution < 1.29 is 42.2 Å². The van der Waals surface area contributed by atoms with E-state index in [-0.39, 0.29) is 12.0 Å². The van der Waals surface area contributed by atoms with E-state index in [1.165, 1.54) is 35.7 Å². The molecule has 2 aromatic heterocycles. The van der Waals surface area contributed by atoms with Gasteiger partial charge in [0.25, 0.3) is 0 Å². The second-order valence-corrected chi connectivity index (χ2v) is 12.6. The molecule has 4 aliphatic rings. The molecule has 38 heavy (non-hydrogen) atoms. The van der Waals surface area contributed by atoms with Crippen LogP contribution in [0.4, 0.5) is 13.2 Å². The van der Waals surface area contributed by atoms with E-state index in [1.807, 2.05) is 28.8 Å². The molecule has 4 fully saturated rings. The van der Waals surface area contributed by atoms with E-state index in [2.05, 4.69) is 17.5 Å². The molecule has 0 amide bonds. The lowest BCUT2D eigenvalue weighted by molar-refractivity contribution is -0.946. The van der Waals surface area contributed by atoms with Gasteiger partial charge < -0.3 is 24.2 Å². The van der Waals surface area contributed by atoms with Gasteiger partial charge in [0.1, 0.15) is 12.5 Å². The third-order valence-electron chi connectivity index (χ3n) is 8.32. The van der Waals surface area contributed by atoms with Crippen LogP contribution < -0.4 is 5.11 Å². The fourth-order valence-electron chi connectivity index (χ4n) is 6.25. The number of hydrogen-bond acceptors (Lipinski definition) is 7. The molecule has 6 rings (SSSR count). The number of alkyl halides is 3. The summed E-state index contributed by atoms with van der Waals surface area (Å²) in [5, 5.41) is 24.6. The SMILES string of the molecule is O=C(O[C@H]1C[N+]2(CCCc3cccs3)CCC1CC2)[C@](O)(c1cccs1)C1CCCC1.O=C([O-])C(F)(F)F. The number of aryl methyl sites for hydroxylation is 1. The highest BCUT2D eigenvalue weighted by Crippen LogP contribution is 2.44. The Morgan fingerprint density at radius 1 is 1.05 bits per heavy atom. The van der Waals surface area contributed by atoms with Gasteiger partial charge >= 0.3 is 12.1 Å². The molecule has 0 spiro atoms. The fraction of sp³-hybridized carbons (Fsp3) is 0.630. The van der Waals surface area contributed by atoms with Crippen molar-refractivity contribution in [2.24, 2.45) is 11.8 Å². The first-order valence-corrected chi connectivity index (χ1v) is 14.9. The number of piperidine rings is 3. The molecule has 1 saturated carbocycles. The van der Waals surface area contributed by atoms with Crippen molar-refractivity contribution in [2.75, 3.05) is 26.2 Å². The summed E-state index contributed by atoms with van der Waals surface area (Å²) in [6, 6.07) is 8.19. The van der Waals surface area contributed by atoms with Crippen LogP contribution in [-0.4, -0.2) is 60.0 Å². The lowest BCUT2D eigenvalue weighted by Gasteiger charge is -2.52. The first kappa shape index (κ1) is 29.0. The highest BCUT2D eigenvalue weighted by atomic mass is 32.1. The van der Waals surface area contributed by atoms with Crippen molar-refractivity contribution in [3.63, 3.8) is 0 Å². The minimum Gasteiger partial charge on any atom is -0.542 e. The first-order valence-electron chi connectivity index (χ1n) is 13.2. The van der Waals surface area contributed by atoms with Crippen LogP contribution >= 0.6 is 22.7 Å². The summed E-state index contributed by atoms with van der Waals surface area (Å²) in [6.45, 7) is 4.50. The smallest absolute Gasteiger partial charge is 0.430 e. The van der Waals surface area contributed by atoms with Crippen LogP contribution in [0.3, 0.4) is 0 Å². The van der Waals surface area contributed by atoms with Crippen molar-refractivity contribution in [3.8, 4) is 0 Å². The molecule has 1 N–H and O–H groups in total. The molecule has 3 saturated heterocycles. The Morgan fingerprint density at radius 2 is 1.68 bits per heavy atom. The number of thiophene rings is 2. The van der Waals surface area contributed by atoms with Crippen molar-refractivity contribution in [2.45, 2.75) is 69.2 Å². The van der Waals surface area contributed by atoms with Gasteiger partial charge in [0.2, 0.25) is 0 Å². The van der Waals surface area contributed by atoms with Crippen molar-refractivity contribution in [3.05, 3.63) is 44.8 Å².